The van der Waals surface area contributed by atoms with Crippen LogP contribution in [0.2, 0.25) is 15.1 Å². The largest absolute Gasteiger partial charge is 0.455 e. The summed E-state index contributed by atoms with van der Waals surface area (Å²) >= 11 is 18.5. The number of aromatic nitrogens is 2. The van der Waals surface area contributed by atoms with E-state index < -0.39 is 17.5 Å². The highest BCUT2D eigenvalue weighted by Crippen LogP contribution is 2.35. The average molecular weight is 513 g/mol. The van der Waals surface area contributed by atoms with Gasteiger partial charge in [-0.15, -0.1) is 10.1 Å². The monoisotopic (exact) mass is 511 g/mol. The highest BCUT2D eigenvalue weighted by molar-refractivity contribution is 6.35. The maximum atomic E-state index is 11.1. The van der Waals surface area contributed by atoms with Crippen molar-refractivity contribution in [2.24, 2.45) is 0 Å². The molecule has 0 spiro atoms. The molecule has 1 aromatic heterocycles. The molecule has 2 atom stereocenters. The molecule has 3 rings (SSSR count). The molecule has 0 radical (unpaired) electrons. The minimum atomic E-state index is -1.04. The Balaban J connectivity index is 2.13. The molecule has 8 nitrogen and oxygen atoms in total. The van der Waals surface area contributed by atoms with Gasteiger partial charge in [0, 0.05) is 34.9 Å². The van der Waals surface area contributed by atoms with Crippen LogP contribution in [0, 0.1) is 17.0 Å². The Bertz CT molecular complexity index is 1160. The summed E-state index contributed by atoms with van der Waals surface area (Å²) in [7, 11) is 0. The van der Waals surface area contributed by atoms with Gasteiger partial charge in [-0.05, 0) is 56.3 Å². The number of ether oxygens (including phenoxy) is 2. The topological polar surface area (TPSA) is 88.7 Å². The molecule has 0 amide bonds. The summed E-state index contributed by atoms with van der Waals surface area (Å²) in [6, 6.07) is 11.6. The van der Waals surface area contributed by atoms with Crippen molar-refractivity contribution in [2.45, 2.75) is 33.2 Å². The van der Waals surface area contributed by atoms with Gasteiger partial charge in [0.05, 0.1) is 10.7 Å². The smallest absolute Gasteiger partial charge is 0.295 e. The summed E-state index contributed by atoms with van der Waals surface area (Å²) in [5.41, 5.74) is 0.743. The number of rotatable bonds is 9. The lowest BCUT2D eigenvalue weighted by Crippen LogP contribution is -2.24. The van der Waals surface area contributed by atoms with E-state index in [0.29, 0.717) is 32.9 Å². The number of imidazole rings is 1. The standard InChI is InChI=1S/C22H20Cl3N3O5/c1-13(33-28(29)30)21(27-11-10-26-14(27)2)22(19-9-6-17(24)12-20(19)25)32-15(3)31-18-7-4-16(23)5-8-18/h4-13,15H,1-3H3/b22-21-. The Labute approximate surface area is 205 Å². The zero-order valence-corrected chi connectivity index (χ0v) is 20.1. The fourth-order valence-electron chi connectivity index (χ4n) is 3.13. The molecule has 2 unspecified atom stereocenters. The van der Waals surface area contributed by atoms with Gasteiger partial charge in [-0.3, -0.25) is 0 Å². The van der Waals surface area contributed by atoms with Crippen molar-refractivity contribution in [1.82, 2.24) is 9.55 Å². The third-order valence-corrected chi connectivity index (χ3v) is 5.32. The Morgan fingerprint density at radius 1 is 1.09 bits per heavy atom. The zero-order valence-electron chi connectivity index (χ0n) is 17.9. The van der Waals surface area contributed by atoms with Gasteiger partial charge in [-0.1, -0.05) is 34.8 Å². The minimum absolute atomic E-state index is 0.202. The number of benzene rings is 2. The number of hydrogen-bond donors (Lipinski definition) is 0. The Hall–Kier alpha value is -2.94. The second-order valence-electron chi connectivity index (χ2n) is 6.91. The van der Waals surface area contributed by atoms with Gasteiger partial charge in [0.1, 0.15) is 17.7 Å². The fourth-order valence-corrected chi connectivity index (χ4v) is 3.75. The summed E-state index contributed by atoms with van der Waals surface area (Å²) in [5, 5.41) is 11.5. The van der Waals surface area contributed by atoms with E-state index >= 15 is 0 Å². The Morgan fingerprint density at radius 3 is 2.33 bits per heavy atom. The van der Waals surface area contributed by atoms with Crippen molar-refractivity contribution >= 4 is 46.3 Å². The second kappa shape index (κ2) is 10.8. The molecule has 1 heterocycles. The predicted octanol–water partition coefficient (Wildman–Crippen LogP) is 6.52. The molecule has 0 aliphatic heterocycles. The van der Waals surface area contributed by atoms with Crippen LogP contribution < -0.4 is 4.74 Å². The normalized spacial score (nSPS) is 13.6. The highest BCUT2D eigenvalue weighted by Gasteiger charge is 2.26. The minimum Gasteiger partial charge on any atom is -0.455 e. The van der Waals surface area contributed by atoms with Gasteiger partial charge in [-0.25, -0.2) is 4.98 Å². The highest BCUT2D eigenvalue weighted by atomic mass is 35.5. The lowest BCUT2D eigenvalue weighted by Gasteiger charge is -2.25. The van der Waals surface area contributed by atoms with Crippen LogP contribution in [0.4, 0.5) is 0 Å². The van der Waals surface area contributed by atoms with Crippen LogP contribution in [0.5, 0.6) is 5.75 Å². The second-order valence-corrected chi connectivity index (χ2v) is 8.19. The van der Waals surface area contributed by atoms with Crippen LogP contribution in [0.25, 0.3) is 11.5 Å². The quantitative estimate of drug-likeness (QED) is 0.140. The molecule has 174 valence electrons. The first-order chi connectivity index (χ1) is 15.7. The van der Waals surface area contributed by atoms with Crippen molar-refractivity contribution in [2.75, 3.05) is 0 Å². The SMILES string of the molecule is Cc1nccn1/C(=C(\OC(C)Oc1ccc(Cl)cc1)c1ccc(Cl)cc1Cl)C(C)O[N+](=O)[O-]. The third kappa shape index (κ3) is 6.31. The fraction of sp³-hybridized carbons (Fsp3) is 0.227. The third-order valence-electron chi connectivity index (χ3n) is 4.52. The number of halogens is 3. The molecule has 0 saturated heterocycles. The molecule has 0 saturated carbocycles. The van der Waals surface area contributed by atoms with Crippen LogP contribution in [0.3, 0.4) is 0 Å². The van der Waals surface area contributed by atoms with E-state index in [1.54, 1.807) is 73.3 Å². The molecule has 0 aliphatic carbocycles. The van der Waals surface area contributed by atoms with Crippen LogP contribution >= 0.6 is 34.8 Å². The molecule has 11 heteroatoms. The molecule has 0 bridgehead atoms. The zero-order chi connectivity index (χ0) is 24.1. The Kier molecular flexibility index (Phi) is 8.07. The van der Waals surface area contributed by atoms with Crippen LogP contribution in [0.1, 0.15) is 25.2 Å². The molecule has 2 aromatic carbocycles. The van der Waals surface area contributed by atoms with E-state index in [1.165, 1.54) is 6.92 Å². The first kappa shape index (κ1) is 24.7. The summed E-state index contributed by atoms with van der Waals surface area (Å²) in [4.78, 5) is 20.2. The maximum Gasteiger partial charge on any atom is 0.295 e. The van der Waals surface area contributed by atoms with Crippen molar-refractivity contribution < 1.29 is 19.4 Å². The molecule has 0 aliphatic rings. The van der Waals surface area contributed by atoms with E-state index in [4.69, 9.17) is 49.1 Å². The van der Waals surface area contributed by atoms with Crippen molar-refractivity contribution in [3.05, 3.63) is 91.4 Å². The van der Waals surface area contributed by atoms with Crippen LogP contribution in [-0.4, -0.2) is 27.0 Å². The first-order valence-electron chi connectivity index (χ1n) is 9.75. The average Bonchev–Trinajstić information content (AvgIpc) is 3.14. The van der Waals surface area contributed by atoms with Gasteiger partial charge in [0.25, 0.3) is 5.09 Å². The van der Waals surface area contributed by atoms with Crippen molar-refractivity contribution in [3.8, 4) is 5.75 Å². The summed E-state index contributed by atoms with van der Waals surface area (Å²) in [6.45, 7) is 4.94. The first-order valence-corrected chi connectivity index (χ1v) is 10.9. The van der Waals surface area contributed by atoms with Gasteiger partial charge >= 0.3 is 0 Å². The van der Waals surface area contributed by atoms with E-state index in [-0.39, 0.29) is 10.8 Å². The molecule has 0 N–H and O–H groups in total. The van der Waals surface area contributed by atoms with E-state index in [1.807, 2.05) is 0 Å². The molecular weight excluding hydrogens is 493 g/mol. The van der Waals surface area contributed by atoms with Gasteiger partial charge < -0.3 is 18.9 Å². The van der Waals surface area contributed by atoms with E-state index in [9.17, 15) is 10.1 Å². The molecule has 33 heavy (non-hydrogen) atoms. The number of hydrogen-bond acceptors (Lipinski definition) is 6. The Morgan fingerprint density at radius 2 is 1.76 bits per heavy atom. The van der Waals surface area contributed by atoms with Gasteiger partial charge in [0.2, 0.25) is 6.29 Å². The van der Waals surface area contributed by atoms with Gasteiger partial charge in [0.15, 0.2) is 5.76 Å². The number of aryl methyl sites for hydroxylation is 1. The molecule has 3 aromatic rings. The molecule has 0 fully saturated rings. The summed E-state index contributed by atoms with van der Waals surface area (Å²) in [5.74, 6) is 1.28. The number of nitrogens with zero attached hydrogens (tertiary/aromatic N) is 3. The van der Waals surface area contributed by atoms with E-state index in [0.717, 1.165) is 0 Å². The maximum absolute atomic E-state index is 11.1. The van der Waals surface area contributed by atoms with Crippen molar-refractivity contribution in [3.63, 3.8) is 0 Å². The summed E-state index contributed by atoms with van der Waals surface area (Å²) in [6.07, 6.45) is 1.33. The predicted molar refractivity (Wildman–Crippen MR) is 127 cm³/mol. The van der Waals surface area contributed by atoms with Gasteiger partial charge in [-0.2, -0.15) is 0 Å². The lowest BCUT2D eigenvalue weighted by molar-refractivity contribution is -0.763. The molecular formula is C22H20Cl3N3O5. The lowest BCUT2D eigenvalue weighted by atomic mass is 10.1. The van der Waals surface area contributed by atoms with E-state index in [2.05, 4.69) is 4.98 Å². The summed E-state index contributed by atoms with van der Waals surface area (Å²) < 4.78 is 13.7. The van der Waals surface area contributed by atoms with Crippen LogP contribution in [0.15, 0.2) is 54.9 Å². The van der Waals surface area contributed by atoms with Crippen LogP contribution in [-0.2, 0) is 9.57 Å². The van der Waals surface area contributed by atoms with Crippen molar-refractivity contribution in [1.29, 1.82) is 0 Å².